The molecular weight excluding hydrogens is 456 g/mol. The van der Waals surface area contributed by atoms with Gasteiger partial charge in [0, 0.05) is 46.4 Å². The largest absolute Gasteiger partial charge is 0.331 e. The molecule has 1 saturated carbocycles. The Labute approximate surface area is 208 Å². The Morgan fingerprint density at radius 1 is 1.09 bits per heavy atom. The Balaban J connectivity index is 1.37. The number of aryl methyl sites for hydroxylation is 2. The number of pyridine rings is 1. The van der Waals surface area contributed by atoms with Crippen LogP contribution >= 0.6 is 11.3 Å². The summed E-state index contributed by atoms with van der Waals surface area (Å²) in [5.41, 5.74) is 4.73. The Bertz CT molecular complexity index is 1370. The lowest BCUT2D eigenvalue weighted by Crippen LogP contribution is -2.38. The fourth-order valence-corrected chi connectivity index (χ4v) is 6.10. The monoisotopic (exact) mass is 484 g/mol. The molecule has 6 rings (SSSR count). The van der Waals surface area contributed by atoms with Gasteiger partial charge in [-0.15, -0.1) is 11.3 Å². The predicted molar refractivity (Wildman–Crippen MR) is 136 cm³/mol. The molecule has 8 heteroatoms. The zero-order valence-corrected chi connectivity index (χ0v) is 20.8. The summed E-state index contributed by atoms with van der Waals surface area (Å²) in [5.74, 6) is 0.886. The number of likely N-dealkylation sites (tertiary alicyclic amines) is 1. The highest BCUT2D eigenvalue weighted by Crippen LogP contribution is 2.43. The summed E-state index contributed by atoms with van der Waals surface area (Å²) in [7, 11) is 0. The Kier molecular flexibility index (Phi) is 5.68. The number of aromatic nitrogens is 5. The van der Waals surface area contributed by atoms with Gasteiger partial charge >= 0.3 is 0 Å². The van der Waals surface area contributed by atoms with Crippen LogP contribution in [0, 0.1) is 13.8 Å². The van der Waals surface area contributed by atoms with Crippen molar-refractivity contribution in [1.29, 1.82) is 0 Å². The summed E-state index contributed by atoms with van der Waals surface area (Å²) in [6.07, 6.45) is 12.4. The van der Waals surface area contributed by atoms with Gasteiger partial charge in [0.1, 0.15) is 0 Å². The Morgan fingerprint density at radius 3 is 2.71 bits per heavy atom. The summed E-state index contributed by atoms with van der Waals surface area (Å²) in [6.45, 7) is 4.97. The van der Waals surface area contributed by atoms with Crippen LogP contribution < -0.4 is 0 Å². The summed E-state index contributed by atoms with van der Waals surface area (Å²) in [4.78, 5) is 32.2. The van der Waals surface area contributed by atoms with Crippen LogP contribution in [-0.2, 0) is 0 Å². The van der Waals surface area contributed by atoms with Crippen molar-refractivity contribution >= 4 is 17.2 Å². The lowest BCUT2D eigenvalue weighted by molar-refractivity contribution is 0.0610. The second-order valence-electron chi connectivity index (χ2n) is 9.49. The molecular formula is C27H28N6OS. The molecule has 1 amide bonds. The van der Waals surface area contributed by atoms with Crippen molar-refractivity contribution in [2.75, 3.05) is 6.54 Å². The second-order valence-corrected chi connectivity index (χ2v) is 11.0. The number of hydrogen-bond acceptors (Lipinski definition) is 6. The first-order chi connectivity index (χ1) is 17.1. The van der Waals surface area contributed by atoms with Gasteiger partial charge in [0.25, 0.3) is 11.9 Å². The first-order valence-corrected chi connectivity index (χ1v) is 13.1. The van der Waals surface area contributed by atoms with E-state index in [9.17, 15) is 4.79 Å². The van der Waals surface area contributed by atoms with Gasteiger partial charge in [-0.1, -0.05) is 6.07 Å². The van der Waals surface area contributed by atoms with Gasteiger partial charge in [-0.05, 0) is 69.7 Å². The smallest absolute Gasteiger partial charge is 0.257 e. The lowest BCUT2D eigenvalue weighted by atomic mass is 9.95. The fourth-order valence-electron chi connectivity index (χ4n) is 5.17. The highest BCUT2D eigenvalue weighted by atomic mass is 32.1. The maximum atomic E-state index is 13.9. The molecule has 1 aliphatic heterocycles. The maximum absolute atomic E-state index is 13.9. The van der Waals surface area contributed by atoms with Crippen LogP contribution in [0.5, 0.6) is 0 Å². The lowest BCUT2D eigenvalue weighted by Gasteiger charge is -2.36. The molecule has 35 heavy (non-hydrogen) atoms. The van der Waals surface area contributed by atoms with E-state index in [-0.39, 0.29) is 11.9 Å². The third-order valence-corrected chi connectivity index (χ3v) is 7.95. The highest BCUT2D eigenvalue weighted by Gasteiger charge is 2.37. The molecule has 1 atom stereocenters. The summed E-state index contributed by atoms with van der Waals surface area (Å²) >= 11 is 1.77. The molecule has 0 spiro atoms. The van der Waals surface area contributed by atoms with Crippen LogP contribution in [-0.4, -0.2) is 42.1 Å². The molecule has 0 bridgehead atoms. The van der Waals surface area contributed by atoms with Crippen molar-refractivity contribution < 1.29 is 4.79 Å². The van der Waals surface area contributed by atoms with E-state index in [1.54, 1.807) is 34.6 Å². The van der Waals surface area contributed by atoms with E-state index in [0.717, 1.165) is 61.2 Å². The van der Waals surface area contributed by atoms with Gasteiger partial charge in [-0.3, -0.25) is 9.78 Å². The molecule has 7 nitrogen and oxygen atoms in total. The second kappa shape index (κ2) is 9.00. The topological polar surface area (TPSA) is 76.8 Å². The van der Waals surface area contributed by atoms with Crippen molar-refractivity contribution in [3.05, 3.63) is 75.6 Å². The quantitative estimate of drug-likeness (QED) is 0.366. The Morgan fingerprint density at radius 2 is 1.97 bits per heavy atom. The van der Waals surface area contributed by atoms with Crippen LogP contribution in [0.2, 0.25) is 0 Å². The van der Waals surface area contributed by atoms with E-state index in [1.807, 2.05) is 23.2 Å². The van der Waals surface area contributed by atoms with Crippen molar-refractivity contribution in [2.24, 2.45) is 0 Å². The summed E-state index contributed by atoms with van der Waals surface area (Å²) < 4.78 is 1.80. The van der Waals surface area contributed by atoms with Crippen molar-refractivity contribution in [2.45, 2.75) is 57.9 Å². The van der Waals surface area contributed by atoms with Crippen LogP contribution in [0.1, 0.15) is 75.4 Å². The van der Waals surface area contributed by atoms with Gasteiger partial charge in [-0.25, -0.2) is 14.6 Å². The molecule has 1 unspecified atom stereocenters. The normalized spacial score (nSPS) is 18.1. The third kappa shape index (κ3) is 4.16. The minimum absolute atomic E-state index is 0.0461. The molecule has 1 saturated heterocycles. The maximum Gasteiger partial charge on any atom is 0.257 e. The van der Waals surface area contributed by atoms with Gasteiger partial charge in [0.15, 0.2) is 0 Å². The van der Waals surface area contributed by atoms with Crippen LogP contribution in [0.3, 0.4) is 0 Å². The van der Waals surface area contributed by atoms with E-state index >= 15 is 0 Å². The van der Waals surface area contributed by atoms with Gasteiger partial charge in [-0.2, -0.15) is 5.10 Å². The zero-order chi connectivity index (χ0) is 23.9. The number of amides is 1. The molecule has 1 aliphatic carbocycles. The number of thiophene rings is 1. The number of piperidine rings is 1. The SMILES string of the molecule is Cc1cc(-c2ccnc(-n3ncc(C(=O)N4CCCCC4c4cccnc4)c3C3CC3)n2)c(C)s1. The number of rotatable bonds is 5. The molecule has 0 aromatic carbocycles. The first kappa shape index (κ1) is 22.1. The summed E-state index contributed by atoms with van der Waals surface area (Å²) in [5, 5.41) is 4.66. The third-order valence-electron chi connectivity index (χ3n) is 6.98. The number of nitrogens with zero attached hydrogens (tertiary/aromatic N) is 6. The number of carbonyl (C=O) groups is 1. The van der Waals surface area contributed by atoms with E-state index in [2.05, 4.69) is 41.0 Å². The van der Waals surface area contributed by atoms with Crippen molar-refractivity contribution in [1.82, 2.24) is 29.6 Å². The average Bonchev–Trinajstić information content (AvgIpc) is 3.54. The standard InChI is InChI=1S/C27H28N6OS/c1-17-14-21(18(2)35-17)23-10-12-29-27(31-23)33-25(19-8-9-19)22(16-30-33)26(34)32-13-4-3-7-24(32)20-6-5-11-28-15-20/h5-6,10-12,14-16,19,24H,3-4,7-9,13H2,1-2H3. The minimum atomic E-state index is 0.0461. The zero-order valence-electron chi connectivity index (χ0n) is 20.0. The van der Waals surface area contributed by atoms with E-state index < -0.39 is 0 Å². The molecule has 4 aromatic rings. The predicted octanol–water partition coefficient (Wildman–Crippen LogP) is 5.65. The minimum Gasteiger partial charge on any atom is -0.331 e. The molecule has 0 radical (unpaired) electrons. The number of hydrogen-bond donors (Lipinski definition) is 0. The van der Waals surface area contributed by atoms with Gasteiger partial charge < -0.3 is 4.90 Å². The number of carbonyl (C=O) groups excluding carboxylic acids is 1. The highest BCUT2D eigenvalue weighted by molar-refractivity contribution is 7.12. The van der Waals surface area contributed by atoms with E-state index in [4.69, 9.17) is 4.98 Å². The van der Waals surface area contributed by atoms with Crippen LogP contribution in [0.15, 0.2) is 49.1 Å². The van der Waals surface area contributed by atoms with Crippen molar-refractivity contribution in [3.63, 3.8) is 0 Å². The van der Waals surface area contributed by atoms with Gasteiger partial charge in [0.2, 0.25) is 0 Å². The molecule has 0 N–H and O–H groups in total. The Hall–Kier alpha value is -3.39. The van der Waals surface area contributed by atoms with Gasteiger partial charge in [0.05, 0.1) is 29.2 Å². The van der Waals surface area contributed by atoms with Crippen LogP contribution in [0.4, 0.5) is 0 Å². The molecule has 2 fully saturated rings. The van der Waals surface area contributed by atoms with Crippen molar-refractivity contribution in [3.8, 4) is 17.2 Å². The van der Waals surface area contributed by atoms with E-state index in [0.29, 0.717) is 17.4 Å². The van der Waals surface area contributed by atoms with Crippen LogP contribution in [0.25, 0.3) is 17.2 Å². The molecule has 178 valence electrons. The fraction of sp³-hybridized carbons (Fsp3) is 0.370. The first-order valence-electron chi connectivity index (χ1n) is 12.3. The average molecular weight is 485 g/mol. The summed E-state index contributed by atoms with van der Waals surface area (Å²) in [6, 6.07) is 8.17. The molecule has 2 aliphatic rings. The molecule has 5 heterocycles. The molecule has 4 aromatic heterocycles. The van der Waals surface area contributed by atoms with E-state index in [1.165, 1.54) is 9.75 Å².